The Morgan fingerprint density at radius 1 is 1.26 bits per heavy atom. The number of β-lactam (4-membered cyclic amide) rings is 1. The van der Waals surface area contributed by atoms with Crippen molar-refractivity contribution in [2.75, 3.05) is 5.32 Å². The van der Waals surface area contributed by atoms with E-state index in [1.807, 2.05) is 17.5 Å². The summed E-state index contributed by atoms with van der Waals surface area (Å²) < 4.78 is 5.56. The summed E-state index contributed by atoms with van der Waals surface area (Å²) in [6.07, 6.45) is 1.08. The van der Waals surface area contributed by atoms with Gasteiger partial charge in [-0.05, 0) is 59.0 Å². The van der Waals surface area contributed by atoms with Crippen LogP contribution in [0.5, 0.6) is 5.75 Å². The summed E-state index contributed by atoms with van der Waals surface area (Å²) in [4.78, 5) is 23.1. The summed E-state index contributed by atoms with van der Waals surface area (Å²) in [6.45, 7) is 0. The van der Waals surface area contributed by atoms with Crippen molar-refractivity contribution in [3.63, 3.8) is 0 Å². The lowest BCUT2D eigenvalue weighted by molar-refractivity contribution is -0.134. The molecule has 1 unspecified atom stereocenters. The van der Waals surface area contributed by atoms with E-state index in [4.69, 9.17) is 4.74 Å². The Morgan fingerprint density at radius 3 is 2.70 bits per heavy atom. The number of thiophene rings is 1. The molecule has 1 saturated heterocycles. The maximum absolute atomic E-state index is 12.2. The summed E-state index contributed by atoms with van der Waals surface area (Å²) in [7, 11) is 0. The number of amides is 2. The van der Waals surface area contributed by atoms with Gasteiger partial charge in [0.25, 0.3) is 0 Å². The van der Waals surface area contributed by atoms with Gasteiger partial charge in [-0.1, -0.05) is 0 Å². The van der Waals surface area contributed by atoms with Gasteiger partial charge >= 0.3 is 0 Å². The Hall–Kier alpha value is -2.34. The first-order valence-electron chi connectivity index (χ1n) is 7.58. The second-order valence-electron chi connectivity index (χ2n) is 5.90. The van der Waals surface area contributed by atoms with E-state index in [1.165, 1.54) is 5.56 Å². The van der Waals surface area contributed by atoms with E-state index in [9.17, 15) is 9.59 Å². The van der Waals surface area contributed by atoms with Crippen LogP contribution >= 0.6 is 11.3 Å². The first kappa shape index (κ1) is 14.3. The molecule has 1 aliphatic heterocycles. The van der Waals surface area contributed by atoms with Gasteiger partial charge in [-0.15, -0.1) is 0 Å². The molecule has 1 aromatic carbocycles. The predicted molar refractivity (Wildman–Crippen MR) is 87.4 cm³/mol. The Morgan fingerprint density at radius 2 is 2.04 bits per heavy atom. The lowest BCUT2D eigenvalue weighted by atomic mass is 10.2. The molecule has 6 heteroatoms. The van der Waals surface area contributed by atoms with Gasteiger partial charge in [0.15, 0.2) is 6.23 Å². The maximum Gasteiger partial charge on any atom is 0.228 e. The van der Waals surface area contributed by atoms with Crippen molar-refractivity contribution in [3.8, 4) is 5.75 Å². The highest BCUT2D eigenvalue weighted by molar-refractivity contribution is 7.08. The van der Waals surface area contributed by atoms with Gasteiger partial charge in [0.05, 0.1) is 6.42 Å². The van der Waals surface area contributed by atoms with Crippen molar-refractivity contribution in [1.82, 2.24) is 5.32 Å². The monoisotopic (exact) mass is 328 g/mol. The van der Waals surface area contributed by atoms with Gasteiger partial charge in [0, 0.05) is 11.6 Å². The zero-order valence-electron chi connectivity index (χ0n) is 12.3. The number of anilines is 1. The lowest BCUT2D eigenvalue weighted by Crippen LogP contribution is -2.51. The second-order valence-corrected chi connectivity index (χ2v) is 6.68. The van der Waals surface area contributed by atoms with Crippen LogP contribution < -0.4 is 15.4 Å². The van der Waals surface area contributed by atoms with Crippen molar-refractivity contribution in [3.05, 3.63) is 46.7 Å². The van der Waals surface area contributed by atoms with Crippen molar-refractivity contribution in [2.24, 2.45) is 5.92 Å². The van der Waals surface area contributed by atoms with Crippen LogP contribution in [0.3, 0.4) is 0 Å². The van der Waals surface area contributed by atoms with Gasteiger partial charge in [0.1, 0.15) is 5.75 Å². The molecule has 0 spiro atoms. The third-order valence-corrected chi connectivity index (χ3v) is 4.89. The molecule has 2 aromatic rings. The van der Waals surface area contributed by atoms with Gasteiger partial charge in [-0.25, -0.2) is 0 Å². The summed E-state index contributed by atoms with van der Waals surface area (Å²) in [5.41, 5.74) is 2.03. The van der Waals surface area contributed by atoms with E-state index in [0.717, 1.165) is 12.1 Å². The molecule has 3 atom stereocenters. The topological polar surface area (TPSA) is 67.4 Å². The van der Waals surface area contributed by atoms with Crippen LogP contribution in [-0.4, -0.2) is 18.0 Å². The molecule has 2 amide bonds. The molecule has 4 rings (SSSR count). The Labute approximate surface area is 137 Å². The van der Waals surface area contributed by atoms with E-state index in [0.29, 0.717) is 18.1 Å². The molecule has 0 radical (unpaired) electrons. The van der Waals surface area contributed by atoms with Crippen LogP contribution in [0.25, 0.3) is 0 Å². The first-order valence-corrected chi connectivity index (χ1v) is 8.52. The van der Waals surface area contributed by atoms with Crippen LogP contribution in [-0.2, 0) is 9.59 Å². The molecule has 1 aromatic heterocycles. The van der Waals surface area contributed by atoms with Crippen molar-refractivity contribution >= 4 is 28.8 Å². The Balaban J connectivity index is 1.31. The average molecular weight is 328 g/mol. The van der Waals surface area contributed by atoms with Gasteiger partial charge in [-0.2, -0.15) is 11.3 Å². The lowest BCUT2D eigenvalue weighted by Gasteiger charge is -2.27. The molecular formula is C17H16N2O3S. The molecule has 2 heterocycles. The molecule has 2 aliphatic rings. The minimum Gasteiger partial charge on any atom is -0.470 e. The summed E-state index contributed by atoms with van der Waals surface area (Å²) >= 11 is 1.67. The Kier molecular flexibility index (Phi) is 3.53. The SMILES string of the molecule is O=C1CC(Oc2ccc(NC(=O)[C@@H]3C[C@H]3c3ccsc3)cc2)N1. The number of carbonyl (C=O) groups is 2. The van der Waals surface area contributed by atoms with Crippen molar-refractivity contribution in [1.29, 1.82) is 0 Å². The van der Waals surface area contributed by atoms with Crippen molar-refractivity contribution in [2.45, 2.75) is 25.0 Å². The molecule has 0 bridgehead atoms. The Bertz CT molecular complexity index is 719. The largest absolute Gasteiger partial charge is 0.470 e. The van der Waals surface area contributed by atoms with E-state index in [-0.39, 0.29) is 24.0 Å². The predicted octanol–water partition coefficient (Wildman–Crippen LogP) is 2.72. The fourth-order valence-electron chi connectivity index (χ4n) is 2.75. The highest BCUT2D eigenvalue weighted by Crippen LogP contribution is 2.48. The normalized spacial score (nSPS) is 25.2. The van der Waals surface area contributed by atoms with Crippen LogP contribution in [0.15, 0.2) is 41.1 Å². The number of ether oxygens (including phenoxy) is 1. The third-order valence-electron chi connectivity index (χ3n) is 4.19. The highest BCUT2D eigenvalue weighted by atomic mass is 32.1. The molecule has 2 fully saturated rings. The van der Waals surface area contributed by atoms with E-state index in [2.05, 4.69) is 22.1 Å². The minimum absolute atomic E-state index is 0.00323. The van der Waals surface area contributed by atoms with Crippen LogP contribution in [0.2, 0.25) is 0 Å². The molecule has 118 valence electrons. The van der Waals surface area contributed by atoms with Gasteiger partial charge in [0.2, 0.25) is 11.8 Å². The van der Waals surface area contributed by atoms with Crippen LogP contribution in [0, 0.1) is 5.92 Å². The average Bonchev–Trinajstić information content (AvgIpc) is 3.14. The number of hydrogen-bond donors (Lipinski definition) is 2. The summed E-state index contributed by atoms with van der Waals surface area (Å²) in [5.74, 6) is 1.19. The fourth-order valence-corrected chi connectivity index (χ4v) is 3.48. The minimum atomic E-state index is -0.235. The number of rotatable bonds is 5. The molecule has 1 saturated carbocycles. The molecule has 2 N–H and O–H groups in total. The van der Waals surface area contributed by atoms with E-state index < -0.39 is 0 Å². The molecular weight excluding hydrogens is 312 g/mol. The first-order chi connectivity index (χ1) is 11.2. The number of benzene rings is 1. The van der Waals surface area contributed by atoms with Gasteiger partial charge in [-0.3, -0.25) is 9.59 Å². The second kappa shape index (κ2) is 5.70. The van der Waals surface area contributed by atoms with Crippen molar-refractivity contribution < 1.29 is 14.3 Å². The summed E-state index contributed by atoms with van der Waals surface area (Å²) in [5, 5.41) is 9.76. The molecule has 23 heavy (non-hydrogen) atoms. The zero-order chi connectivity index (χ0) is 15.8. The summed E-state index contributed by atoms with van der Waals surface area (Å²) in [6, 6.07) is 9.31. The fraction of sp³-hybridized carbons (Fsp3) is 0.294. The third kappa shape index (κ3) is 3.07. The number of carbonyl (C=O) groups excluding carboxylic acids is 2. The smallest absolute Gasteiger partial charge is 0.228 e. The molecule has 5 nitrogen and oxygen atoms in total. The van der Waals surface area contributed by atoms with Crippen LogP contribution in [0.4, 0.5) is 5.69 Å². The number of nitrogens with one attached hydrogen (secondary N) is 2. The van der Waals surface area contributed by atoms with Crippen LogP contribution in [0.1, 0.15) is 24.3 Å². The zero-order valence-corrected chi connectivity index (χ0v) is 13.1. The quantitative estimate of drug-likeness (QED) is 0.829. The van der Waals surface area contributed by atoms with E-state index in [1.54, 1.807) is 23.5 Å². The maximum atomic E-state index is 12.2. The molecule has 1 aliphatic carbocycles. The standard InChI is InChI=1S/C17H16N2O3S/c20-15-8-16(19-15)22-12-3-1-11(2-4-12)18-17(21)14-7-13(14)10-5-6-23-9-10/h1-6,9,13-14,16H,7-8H2,(H,18,21)(H,19,20)/t13-,14+,16?/m0/s1. The number of hydrogen-bond acceptors (Lipinski definition) is 4. The highest BCUT2D eigenvalue weighted by Gasteiger charge is 2.44. The van der Waals surface area contributed by atoms with E-state index >= 15 is 0 Å². The van der Waals surface area contributed by atoms with Gasteiger partial charge < -0.3 is 15.4 Å².